The molecule has 0 fully saturated rings. The van der Waals surface area contributed by atoms with Crippen molar-refractivity contribution in [1.29, 1.82) is 0 Å². The lowest BCUT2D eigenvalue weighted by molar-refractivity contribution is -0.142. The molecule has 0 aliphatic heterocycles. The summed E-state index contributed by atoms with van der Waals surface area (Å²) in [6.07, 6.45) is 0. The van der Waals surface area contributed by atoms with E-state index in [9.17, 15) is 9.90 Å². The molecule has 0 saturated heterocycles. The lowest BCUT2D eigenvalue weighted by Crippen LogP contribution is -2.28. The summed E-state index contributed by atoms with van der Waals surface area (Å²) < 4.78 is 1.05. The summed E-state index contributed by atoms with van der Waals surface area (Å²) in [7, 11) is 0. The SMILES string of the molecule is Cc1cc(Nc2nc(C(C)(C)C(=O)O)cs2)ccc1Br. The molecule has 2 rings (SSSR count). The molecule has 0 spiro atoms. The molecule has 20 heavy (non-hydrogen) atoms. The van der Waals surface area contributed by atoms with Crippen molar-refractivity contribution in [2.45, 2.75) is 26.2 Å². The zero-order valence-corrected chi connectivity index (χ0v) is 13.8. The minimum absolute atomic E-state index is 0.561. The average molecular weight is 355 g/mol. The Hall–Kier alpha value is -1.40. The van der Waals surface area contributed by atoms with Crippen LogP contribution in [0.4, 0.5) is 10.8 Å². The van der Waals surface area contributed by atoms with Crippen molar-refractivity contribution in [2.24, 2.45) is 0 Å². The minimum atomic E-state index is -0.980. The van der Waals surface area contributed by atoms with E-state index >= 15 is 0 Å². The number of nitrogens with one attached hydrogen (secondary N) is 1. The van der Waals surface area contributed by atoms with Gasteiger partial charge in [-0.05, 0) is 44.5 Å². The van der Waals surface area contributed by atoms with Gasteiger partial charge < -0.3 is 10.4 Å². The summed E-state index contributed by atoms with van der Waals surface area (Å²) in [5.74, 6) is -0.881. The Balaban J connectivity index is 2.21. The van der Waals surface area contributed by atoms with Crippen LogP contribution in [0.15, 0.2) is 28.1 Å². The molecule has 106 valence electrons. The first-order valence-electron chi connectivity index (χ1n) is 6.03. The molecule has 0 radical (unpaired) electrons. The number of benzene rings is 1. The molecule has 4 nitrogen and oxygen atoms in total. The van der Waals surface area contributed by atoms with E-state index in [2.05, 4.69) is 26.2 Å². The smallest absolute Gasteiger partial charge is 0.315 e. The second-order valence-corrected chi connectivity index (χ2v) is 6.77. The van der Waals surface area contributed by atoms with Gasteiger partial charge in [-0.15, -0.1) is 11.3 Å². The quantitative estimate of drug-likeness (QED) is 0.858. The zero-order chi connectivity index (χ0) is 14.9. The lowest BCUT2D eigenvalue weighted by Gasteiger charge is -2.15. The number of carboxylic acids is 1. The molecule has 1 heterocycles. The summed E-state index contributed by atoms with van der Waals surface area (Å²) >= 11 is 4.86. The highest BCUT2D eigenvalue weighted by Gasteiger charge is 2.32. The highest BCUT2D eigenvalue weighted by Crippen LogP contribution is 2.29. The summed E-state index contributed by atoms with van der Waals surface area (Å²) in [6, 6.07) is 5.92. The summed E-state index contributed by atoms with van der Waals surface area (Å²) in [4.78, 5) is 15.6. The molecule has 0 aliphatic carbocycles. The van der Waals surface area contributed by atoms with Crippen LogP contribution in [-0.4, -0.2) is 16.1 Å². The molecule has 0 unspecified atom stereocenters. The molecular formula is C14H15BrN2O2S. The number of halogens is 1. The molecule has 1 aromatic heterocycles. The first kappa shape index (κ1) is 15.0. The van der Waals surface area contributed by atoms with E-state index in [-0.39, 0.29) is 0 Å². The molecule has 0 saturated carbocycles. The van der Waals surface area contributed by atoms with Crippen molar-refractivity contribution in [1.82, 2.24) is 4.98 Å². The Morgan fingerprint density at radius 3 is 2.75 bits per heavy atom. The van der Waals surface area contributed by atoms with Gasteiger partial charge in [0.1, 0.15) is 5.41 Å². The van der Waals surface area contributed by atoms with Crippen molar-refractivity contribution in [3.8, 4) is 0 Å². The van der Waals surface area contributed by atoms with Crippen LogP contribution in [0.5, 0.6) is 0 Å². The first-order valence-corrected chi connectivity index (χ1v) is 7.70. The molecule has 0 aliphatic rings. The van der Waals surface area contributed by atoms with Gasteiger partial charge in [0, 0.05) is 15.5 Å². The van der Waals surface area contributed by atoms with E-state index in [1.807, 2.05) is 25.1 Å². The van der Waals surface area contributed by atoms with Gasteiger partial charge in [-0.3, -0.25) is 4.79 Å². The Morgan fingerprint density at radius 2 is 2.15 bits per heavy atom. The number of nitrogens with zero attached hydrogens (tertiary/aromatic N) is 1. The number of aromatic nitrogens is 1. The van der Waals surface area contributed by atoms with Gasteiger partial charge in [0.25, 0.3) is 0 Å². The topological polar surface area (TPSA) is 62.2 Å². The lowest BCUT2D eigenvalue weighted by atomic mass is 9.90. The average Bonchev–Trinajstić information content (AvgIpc) is 2.83. The number of thiazole rings is 1. The normalized spacial score (nSPS) is 11.4. The van der Waals surface area contributed by atoms with Crippen molar-refractivity contribution in [3.63, 3.8) is 0 Å². The van der Waals surface area contributed by atoms with Crippen molar-refractivity contribution >= 4 is 44.1 Å². The Labute approximate surface area is 130 Å². The molecule has 6 heteroatoms. The Bertz CT molecular complexity index is 652. The highest BCUT2D eigenvalue weighted by molar-refractivity contribution is 9.10. The van der Waals surface area contributed by atoms with Gasteiger partial charge in [-0.25, -0.2) is 4.98 Å². The highest BCUT2D eigenvalue weighted by atomic mass is 79.9. The van der Waals surface area contributed by atoms with E-state index in [1.54, 1.807) is 19.2 Å². The monoisotopic (exact) mass is 354 g/mol. The first-order chi connectivity index (χ1) is 9.30. The number of hydrogen-bond donors (Lipinski definition) is 2. The van der Waals surface area contributed by atoms with Crippen molar-refractivity contribution in [3.05, 3.63) is 39.3 Å². The van der Waals surface area contributed by atoms with E-state index in [0.29, 0.717) is 10.8 Å². The predicted molar refractivity (Wildman–Crippen MR) is 84.9 cm³/mol. The van der Waals surface area contributed by atoms with Crippen LogP contribution in [0.3, 0.4) is 0 Å². The largest absolute Gasteiger partial charge is 0.481 e. The fraction of sp³-hybridized carbons (Fsp3) is 0.286. The number of carbonyl (C=O) groups is 1. The third-order valence-corrected chi connectivity index (χ3v) is 4.74. The molecule has 0 atom stereocenters. The second-order valence-electron chi connectivity index (χ2n) is 5.06. The van der Waals surface area contributed by atoms with E-state index in [0.717, 1.165) is 15.7 Å². The molecule has 1 aromatic carbocycles. The Morgan fingerprint density at radius 1 is 1.45 bits per heavy atom. The molecule has 2 aromatic rings. The van der Waals surface area contributed by atoms with Crippen LogP contribution < -0.4 is 5.32 Å². The van der Waals surface area contributed by atoms with Crippen LogP contribution in [0.2, 0.25) is 0 Å². The van der Waals surface area contributed by atoms with Crippen LogP contribution in [0.1, 0.15) is 25.1 Å². The maximum Gasteiger partial charge on any atom is 0.315 e. The van der Waals surface area contributed by atoms with Gasteiger partial charge in [0.15, 0.2) is 5.13 Å². The maximum absolute atomic E-state index is 11.2. The van der Waals surface area contributed by atoms with Crippen molar-refractivity contribution in [2.75, 3.05) is 5.32 Å². The molecular weight excluding hydrogens is 340 g/mol. The van der Waals surface area contributed by atoms with Gasteiger partial charge in [0.05, 0.1) is 5.69 Å². The van der Waals surface area contributed by atoms with E-state index < -0.39 is 11.4 Å². The fourth-order valence-corrected chi connectivity index (χ4v) is 2.72. The van der Waals surface area contributed by atoms with Crippen LogP contribution in [-0.2, 0) is 10.2 Å². The van der Waals surface area contributed by atoms with Crippen LogP contribution in [0.25, 0.3) is 0 Å². The Kier molecular flexibility index (Phi) is 4.15. The third-order valence-electron chi connectivity index (χ3n) is 3.09. The van der Waals surface area contributed by atoms with Gasteiger partial charge in [-0.2, -0.15) is 0 Å². The number of carboxylic acid groups (broad SMARTS) is 1. The number of aryl methyl sites for hydroxylation is 1. The molecule has 0 amide bonds. The summed E-state index contributed by atoms with van der Waals surface area (Å²) in [5, 5.41) is 14.9. The van der Waals surface area contributed by atoms with Gasteiger partial charge >= 0.3 is 5.97 Å². The fourth-order valence-electron chi connectivity index (χ4n) is 1.57. The van der Waals surface area contributed by atoms with Crippen LogP contribution in [0, 0.1) is 6.92 Å². The predicted octanol–water partition coefficient (Wildman–Crippen LogP) is 4.32. The standard InChI is InChI=1S/C14H15BrN2O2S/c1-8-6-9(4-5-10(8)15)16-13-17-11(7-20-13)14(2,3)12(18)19/h4-7H,1-3H3,(H,16,17)(H,18,19). The molecule has 0 bridgehead atoms. The second kappa shape index (κ2) is 5.54. The van der Waals surface area contributed by atoms with Crippen molar-refractivity contribution < 1.29 is 9.90 Å². The minimum Gasteiger partial charge on any atom is -0.481 e. The third kappa shape index (κ3) is 3.02. The number of hydrogen-bond acceptors (Lipinski definition) is 4. The molecule has 2 N–H and O–H groups in total. The number of aliphatic carboxylic acids is 1. The van der Waals surface area contributed by atoms with Gasteiger partial charge in [0.2, 0.25) is 0 Å². The number of rotatable bonds is 4. The van der Waals surface area contributed by atoms with Gasteiger partial charge in [-0.1, -0.05) is 15.9 Å². The van der Waals surface area contributed by atoms with E-state index in [4.69, 9.17) is 0 Å². The van der Waals surface area contributed by atoms with Crippen LogP contribution >= 0.6 is 27.3 Å². The summed E-state index contributed by atoms with van der Waals surface area (Å²) in [6.45, 7) is 5.31. The summed E-state index contributed by atoms with van der Waals surface area (Å²) in [5.41, 5.74) is 1.63. The number of anilines is 2. The maximum atomic E-state index is 11.2. The zero-order valence-electron chi connectivity index (χ0n) is 11.4. The van der Waals surface area contributed by atoms with E-state index in [1.165, 1.54) is 11.3 Å².